The fraction of sp³-hybridized carbons (Fsp3) is 0.943. The maximum absolute atomic E-state index is 12.0. The van der Waals surface area contributed by atoms with Crippen LogP contribution >= 0.6 is 7.82 Å². The predicted molar refractivity (Wildman–Crippen MR) is 183 cm³/mol. The summed E-state index contributed by atoms with van der Waals surface area (Å²) >= 11 is 0. The molecule has 1 amide bonds. The molecule has 9 nitrogen and oxygen atoms in total. The molecule has 0 aliphatic carbocycles. The highest BCUT2D eigenvalue weighted by atomic mass is 31.2. The molecule has 0 saturated heterocycles. The zero-order valence-corrected chi connectivity index (χ0v) is 30.0. The van der Waals surface area contributed by atoms with Crippen molar-refractivity contribution < 1.29 is 37.9 Å². The number of carbonyl (C=O) groups is 2. The van der Waals surface area contributed by atoms with E-state index in [0.717, 1.165) is 44.9 Å². The Morgan fingerprint density at radius 2 is 1.00 bits per heavy atom. The molecule has 45 heavy (non-hydrogen) atoms. The van der Waals surface area contributed by atoms with Gasteiger partial charge in [-0.2, -0.15) is 0 Å². The normalized spacial score (nSPS) is 13.4. The van der Waals surface area contributed by atoms with Gasteiger partial charge in [0, 0.05) is 19.4 Å². The first-order valence-corrected chi connectivity index (χ1v) is 20.0. The summed E-state index contributed by atoms with van der Waals surface area (Å²) in [5.41, 5.74) is 0. The topological polar surface area (TPSA) is 131 Å². The van der Waals surface area contributed by atoms with Gasteiger partial charge in [-0.05, 0) is 12.8 Å². The summed E-state index contributed by atoms with van der Waals surface area (Å²) in [6, 6.07) is 0. The van der Waals surface area contributed by atoms with Crippen molar-refractivity contribution in [2.75, 3.05) is 26.4 Å². The van der Waals surface area contributed by atoms with Crippen molar-refractivity contribution in [3.8, 4) is 0 Å². The van der Waals surface area contributed by atoms with Crippen LogP contribution in [0.4, 0.5) is 0 Å². The van der Waals surface area contributed by atoms with Crippen LogP contribution in [-0.2, 0) is 27.9 Å². The fourth-order valence-electron chi connectivity index (χ4n) is 5.20. The molecule has 0 spiro atoms. The molecule has 0 rings (SSSR count). The molecular weight excluding hydrogens is 593 g/mol. The van der Waals surface area contributed by atoms with Crippen molar-refractivity contribution >= 4 is 19.7 Å². The average Bonchev–Trinajstić information content (AvgIpc) is 3.02. The molecule has 0 bridgehead atoms. The SMILES string of the molecule is CCCCCCCCCCCCCCCCCCCCC(=O)NCCOP(=O)(O)OCC(O)COC(=O)CCCCCCCC. The van der Waals surface area contributed by atoms with E-state index in [0.29, 0.717) is 6.42 Å². The Labute approximate surface area is 275 Å². The van der Waals surface area contributed by atoms with Gasteiger partial charge in [0.05, 0.1) is 13.2 Å². The second kappa shape index (κ2) is 32.9. The average molecular weight is 664 g/mol. The van der Waals surface area contributed by atoms with Gasteiger partial charge in [-0.15, -0.1) is 0 Å². The summed E-state index contributed by atoms with van der Waals surface area (Å²) in [6.45, 7) is 3.49. The highest BCUT2D eigenvalue weighted by Gasteiger charge is 2.23. The Morgan fingerprint density at radius 1 is 0.600 bits per heavy atom. The summed E-state index contributed by atoms with van der Waals surface area (Å²) in [7, 11) is -4.39. The van der Waals surface area contributed by atoms with Crippen molar-refractivity contribution in [3.63, 3.8) is 0 Å². The lowest BCUT2D eigenvalue weighted by molar-refractivity contribution is -0.147. The summed E-state index contributed by atoms with van der Waals surface area (Å²) < 4.78 is 26.6. The first-order chi connectivity index (χ1) is 21.8. The van der Waals surface area contributed by atoms with Gasteiger partial charge in [0.2, 0.25) is 5.91 Å². The molecule has 0 aromatic heterocycles. The number of esters is 1. The maximum atomic E-state index is 12.0. The van der Waals surface area contributed by atoms with E-state index in [1.165, 1.54) is 109 Å². The van der Waals surface area contributed by atoms with Gasteiger partial charge in [-0.3, -0.25) is 18.6 Å². The molecule has 3 N–H and O–H groups in total. The number of nitrogens with one attached hydrogen (secondary N) is 1. The molecule has 0 saturated carbocycles. The summed E-state index contributed by atoms with van der Waals surface area (Å²) in [6.07, 6.45) is 29.2. The summed E-state index contributed by atoms with van der Waals surface area (Å²) in [4.78, 5) is 33.5. The number of hydrogen-bond acceptors (Lipinski definition) is 7. The molecule has 0 heterocycles. The van der Waals surface area contributed by atoms with E-state index in [4.69, 9.17) is 13.8 Å². The quantitative estimate of drug-likeness (QED) is 0.0347. The number of aliphatic hydroxyl groups excluding tert-OH is 1. The highest BCUT2D eigenvalue weighted by Crippen LogP contribution is 2.42. The summed E-state index contributed by atoms with van der Waals surface area (Å²) in [5, 5.41) is 12.6. The van der Waals surface area contributed by atoms with Crippen molar-refractivity contribution in [2.24, 2.45) is 0 Å². The van der Waals surface area contributed by atoms with Crippen molar-refractivity contribution in [1.29, 1.82) is 0 Å². The maximum Gasteiger partial charge on any atom is 0.472 e. The molecular formula is C35H70NO8P. The highest BCUT2D eigenvalue weighted by molar-refractivity contribution is 7.47. The number of ether oxygens (including phenoxy) is 1. The van der Waals surface area contributed by atoms with Crippen LogP contribution in [0, 0.1) is 0 Å². The second-order valence-electron chi connectivity index (χ2n) is 12.6. The van der Waals surface area contributed by atoms with Gasteiger partial charge in [0.15, 0.2) is 0 Å². The van der Waals surface area contributed by atoms with E-state index in [9.17, 15) is 24.2 Å². The zero-order valence-electron chi connectivity index (χ0n) is 29.1. The van der Waals surface area contributed by atoms with Crippen LogP contribution in [0.15, 0.2) is 0 Å². The molecule has 0 aliphatic heterocycles. The minimum absolute atomic E-state index is 0.0877. The number of phosphoric ester groups is 1. The van der Waals surface area contributed by atoms with Gasteiger partial charge in [0.25, 0.3) is 0 Å². The molecule has 0 aliphatic rings. The van der Waals surface area contributed by atoms with Gasteiger partial charge < -0.3 is 20.1 Å². The standard InChI is InChI=1S/C35H70NO8P/c1-3-5-7-9-11-12-13-14-15-16-17-18-19-20-21-22-23-25-27-34(38)36-29-30-43-45(40,41)44-32-33(37)31-42-35(39)28-26-24-10-8-6-4-2/h33,37H,3-32H2,1-2H3,(H,36,38)(H,40,41). The molecule has 0 aromatic rings. The monoisotopic (exact) mass is 663 g/mol. The van der Waals surface area contributed by atoms with Crippen LogP contribution in [0.25, 0.3) is 0 Å². The van der Waals surface area contributed by atoms with Gasteiger partial charge >= 0.3 is 13.8 Å². The molecule has 0 fully saturated rings. The Balaban J connectivity index is 3.53. The lowest BCUT2D eigenvalue weighted by atomic mass is 10.0. The number of unbranched alkanes of at least 4 members (excludes halogenated alkanes) is 22. The molecule has 2 unspecified atom stereocenters. The second-order valence-corrected chi connectivity index (χ2v) is 14.0. The van der Waals surface area contributed by atoms with Crippen LogP contribution in [-0.4, -0.2) is 54.3 Å². The number of phosphoric acid groups is 1. The Bertz CT molecular complexity index is 724. The minimum Gasteiger partial charge on any atom is -0.463 e. The van der Waals surface area contributed by atoms with Crippen LogP contribution in [0.1, 0.15) is 181 Å². The van der Waals surface area contributed by atoms with E-state index in [2.05, 4.69) is 19.2 Å². The number of aliphatic hydroxyl groups is 1. The molecule has 10 heteroatoms. The van der Waals surface area contributed by atoms with Crippen LogP contribution in [0.3, 0.4) is 0 Å². The zero-order chi connectivity index (χ0) is 33.3. The van der Waals surface area contributed by atoms with Gasteiger partial charge in [-0.1, -0.05) is 155 Å². The smallest absolute Gasteiger partial charge is 0.463 e. The minimum atomic E-state index is -4.39. The molecule has 0 aromatic carbocycles. The van der Waals surface area contributed by atoms with Gasteiger partial charge in [-0.25, -0.2) is 4.57 Å². The van der Waals surface area contributed by atoms with Crippen LogP contribution in [0.5, 0.6) is 0 Å². The molecule has 0 radical (unpaired) electrons. The Kier molecular flexibility index (Phi) is 32.2. The Morgan fingerprint density at radius 3 is 1.44 bits per heavy atom. The third-order valence-electron chi connectivity index (χ3n) is 8.04. The first kappa shape index (κ1) is 44.0. The molecule has 2 atom stereocenters. The largest absolute Gasteiger partial charge is 0.472 e. The van der Waals surface area contributed by atoms with E-state index < -0.39 is 26.5 Å². The summed E-state index contributed by atoms with van der Waals surface area (Å²) in [5.74, 6) is -0.518. The van der Waals surface area contributed by atoms with E-state index in [-0.39, 0.29) is 32.1 Å². The van der Waals surface area contributed by atoms with Gasteiger partial charge in [0.1, 0.15) is 12.7 Å². The first-order valence-electron chi connectivity index (χ1n) is 18.5. The third kappa shape index (κ3) is 34.2. The van der Waals surface area contributed by atoms with Crippen LogP contribution in [0.2, 0.25) is 0 Å². The fourth-order valence-corrected chi connectivity index (χ4v) is 5.96. The van der Waals surface area contributed by atoms with Crippen molar-refractivity contribution in [2.45, 2.75) is 187 Å². The van der Waals surface area contributed by atoms with Crippen molar-refractivity contribution in [1.82, 2.24) is 5.32 Å². The lowest BCUT2D eigenvalue weighted by Gasteiger charge is -2.15. The third-order valence-corrected chi connectivity index (χ3v) is 9.02. The van der Waals surface area contributed by atoms with E-state index in [1.54, 1.807) is 0 Å². The van der Waals surface area contributed by atoms with E-state index >= 15 is 0 Å². The van der Waals surface area contributed by atoms with Crippen LogP contribution < -0.4 is 5.32 Å². The lowest BCUT2D eigenvalue weighted by Crippen LogP contribution is -2.27. The van der Waals surface area contributed by atoms with Crippen molar-refractivity contribution in [3.05, 3.63) is 0 Å². The number of rotatable bonds is 35. The molecule has 268 valence electrons. The Hall–Kier alpha value is -0.990. The number of amides is 1. The number of carbonyl (C=O) groups excluding carboxylic acids is 2. The predicted octanol–water partition coefficient (Wildman–Crippen LogP) is 9.32. The number of hydrogen-bond donors (Lipinski definition) is 3. The van der Waals surface area contributed by atoms with E-state index in [1.807, 2.05) is 0 Å².